The van der Waals surface area contributed by atoms with Crippen molar-refractivity contribution in [3.63, 3.8) is 0 Å². The molecule has 0 aliphatic heterocycles. The molecular formula is C11H15FN2O3. The van der Waals surface area contributed by atoms with Gasteiger partial charge in [0.2, 0.25) is 5.91 Å². The van der Waals surface area contributed by atoms with Crippen molar-refractivity contribution >= 4 is 5.91 Å². The zero-order chi connectivity index (χ0) is 12.8. The smallest absolute Gasteiger partial charge is 0.243 e. The van der Waals surface area contributed by atoms with Gasteiger partial charge in [-0.25, -0.2) is 4.39 Å². The largest absolute Gasteiger partial charge is 0.497 e. The molecule has 0 bridgehead atoms. The van der Waals surface area contributed by atoms with Crippen LogP contribution in [-0.4, -0.2) is 26.2 Å². The fraction of sp³-hybridized carbons (Fsp3) is 0.364. The number of rotatable bonds is 6. The number of carbonyl (C=O) groups is 1. The second kappa shape index (κ2) is 6.17. The quantitative estimate of drug-likeness (QED) is 0.752. The molecule has 0 saturated heterocycles. The molecule has 0 heterocycles. The summed E-state index contributed by atoms with van der Waals surface area (Å²) in [5, 5.41) is 0. The molecule has 0 radical (unpaired) electrons. The SMILES string of the molecule is COc1ccc(C(N)COCC(N)=O)c(F)c1. The molecule has 0 fully saturated rings. The third kappa shape index (κ3) is 4.01. The second-order valence-corrected chi connectivity index (χ2v) is 3.48. The van der Waals surface area contributed by atoms with Gasteiger partial charge in [0.15, 0.2) is 0 Å². The number of hydrogen-bond acceptors (Lipinski definition) is 4. The summed E-state index contributed by atoms with van der Waals surface area (Å²) in [5.41, 5.74) is 10.9. The third-order valence-corrected chi connectivity index (χ3v) is 2.15. The van der Waals surface area contributed by atoms with Crippen LogP contribution in [-0.2, 0) is 9.53 Å². The highest BCUT2D eigenvalue weighted by Gasteiger charge is 2.12. The Kier molecular flexibility index (Phi) is 4.86. The minimum absolute atomic E-state index is 0.0200. The molecule has 1 aromatic carbocycles. The molecule has 17 heavy (non-hydrogen) atoms. The maximum atomic E-state index is 13.6. The molecule has 1 atom stereocenters. The predicted molar refractivity (Wildman–Crippen MR) is 59.9 cm³/mol. The van der Waals surface area contributed by atoms with Gasteiger partial charge in [0, 0.05) is 11.6 Å². The number of primary amides is 1. The van der Waals surface area contributed by atoms with E-state index in [-0.39, 0.29) is 13.2 Å². The summed E-state index contributed by atoms with van der Waals surface area (Å²) in [6.45, 7) is -0.211. The van der Waals surface area contributed by atoms with Crippen LogP contribution in [0, 0.1) is 5.82 Å². The van der Waals surface area contributed by atoms with Crippen LogP contribution in [0.5, 0.6) is 5.75 Å². The molecule has 94 valence electrons. The van der Waals surface area contributed by atoms with E-state index in [0.717, 1.165) is 0 Å². The van der Waals surface area contributed by atoms with E-state index >= 15 is 0 Å². The van der Waals surface area contributed by atoms with Crippen molar-refractivity contribution in [3.8, 4) is 5.75 Å². The Morgan fingerprint density at radius 3 is 2.76 bits per heavy atom. The molecule has 1 unspecified atom stereocenters. The van der Waals surface area contributed by atoms with Crippen LogP contribution in [0.25, 0.3) is 0 Å². The normalized spacial score (nSPS) is 12.2. The minimum atomic E-state index is -0.653. The lowest BCUT2D eigenvalue weighted by molar-refractivity contribution is -0.122. The monoisotopic (exact) mass is 242 g/mol. The van der Waals surface area contributed by atoms with Crippen molar-refractivity contribution in [1.29, 1.82) is 0 Å². The number of methoxy groups -OCH3 is 1. The first kappa shape index (κ1) is 13.4. The van der Waals surface area contributed by atoms with E-state index in [1.54, 1.807) is 6.07 Å². The van der Waals surface area contributed by atoms with Crippen molar-refractivity contribution in [2.24, 2.45) is 11.5 Å². The molecule has 6 heteroatoms. The van der Waals surface area contributed by atoms with Crippen molar-refractivity contribution in [1.82, 2.24) is 0 Å². The number of carbonyl (C=O) groups excluding carboxylic acids is 1. The third-order valence-electron chi connectivity index (χ3n) is 2.15. The molecule has 0 spiro atoms. The summed E-state index contributed by atoms with van der Waals surface area (Å²) < 4.78 is 23.4. The maximum Gasteiger partial charge on any atom is 0.243 e. The summed E-state index contributed by atoms with van der Waals surface area (Å²) in [6.07, 6.45) is 0. The zero-order valence-corrected chi connectivity index (χ0v) is 9.48. The van der Waals surface area contributed by atoms with Gasteiger partial charge in [-0.05, 0) is 6.07 Å². The van der Waals surface area contributed by atoms with Gasteiger partial charge in [-0.1, -0.05) is 6.07 Å². The van der Waals surface area contributed by atoms with E-state index in [1.165, 1.54) is 19.2 Å². The van der Waals surface area contributed by atoms with Gasteiger partial charge < -0.3 is 20.9 Å². The highest BCUT2D eigenvalue weighted by Crippen LogP contribution is 2.20. The lowest BCUT2D eigenvalue weighted by Gasteiger charge is -2.13. The van der Waals surface area contributed by atoms with Crippen molar-refractivity contribution in [2.45, 2.75) is 6.04 Å². The summed E-state index contributed by atoms with van der Waals surface area (Å²) >= 11 is 0. The number of benzene rings is 1. The van der Waals surface area contributed by atoms with E-state index in [2.05, 4.69) is 0 Å². The second-order valence-electron chi connectivity index (χ2n) is 3.48. The summed E-state index contributed by atoms with van der Waals surface area (Å²) in [6, 6.07) is 3.71. The lowest BCUT2D eigenvalue weighted by Crippen LogP contribution is -2.23. The van der Waals surface area contributed by atoms with Gasteiger partial charge in [0.1, 0.15) is 18.2 Å². The molecule has 0 aromatic heterocycles. The van der Waals surface area contributed by atoms with E-state index in [0.29, 0.717) is 11.3 Å². The minimum Gasteiger partial charge on any atom is -0.497 e. The average Bonchev–Trinajstić information content (AvgIpc) is 2.28. The van der Waals surface area contributed by atoms with Crippen molar-refractivity contribution < 1.29 is 18.7 Å². The van der Waals surface area contributed by atoms with Gasteiger partial charge in [-0.2, -0.15) is 0 Å². The number of amides is 1. The predicted octanol–water partition coefficient (Wildman–Crippen LogP) is 0.336. The van der Waals surface area contributed by atoms with Crippen LogP contribution in [0.1, 0.15) is 11.6 Å². The number of halogens is 1. The maximum absolute atomic E-state index is 13.6. The van der Waals surface area contributed by atoms with Gasteiger partial charge in [-0.15, -0.1) is 0 Å². The Labute approximate surface area is 98.5 Å². The molecule has 4 N–H and O–H groups in total. The Morgan fingerprint density at radius 2 is 2.24 bits per heavy atom. The first-order chi connectivity index (χ1) is 8.04. The Balaban J connectivity index is 2.62. The van der Waals surface area contributed by atoms with Crippen molar-refractivity contribution in [3.05, 3.63) is 29.6 Å². The molecule has 1 amide bonds. The van der Waals surface area contributed by atoms with Gasteiger partial charge in [0.05, 0.1) is 19.8 Å². The molecule has 1 aromatic rings. The first-order valence-corrected chi connectivity index (χ1v) is 4.99. The van der Waals surface area contributed by atoms with Gasteiger partial charge in [-0.3, -0.25) is 4.79 Å². The first-order valence-electron chi connectivity index (χ1n) is 4.99. The van der Waals surface area contributed by atoms with Gasteiger partial charge >= 0.3 is 0 Å². The van der Waals surface area contributed by atoms with Crippen LogP contribution >= 0.6 is 0 Å². The van der Waals surface area contributed by atoms with Crippen LogP contribution in [0.2, 0.25) is 0 Å². The Morgan fingerprint density at radius 1 is 1.53 bits per heavy atom. The molecule has 5 nitrogen and oxygen atoms in total. The molecular weight excluding hydrogens is 227 g/mol. The summed E-state index contributed by atoms with van der Waals surface area (Å²) in [5.74, 6) is -0.650. The number of nitrogens with two attached hydrogens (primary N) is 2. The average molecular weight is 242 g/mol. The summed E-state index contributed by atoms with van der Waals surface area (Å²) in [7, 11) is 1.45. The molecule has 0 aliphatic rings. The van der Waals surface area contributed by atoms with Crippen LogP contribution in [0.4, 0.5) is 4.39 Å². The fourth-order valence-corrected chi connectivity index (χ4v) is 1.31. The fourth-order valence-electron chi connectivity index (χ4n) is 1.31. The van der Waals surface area contributed by atoms with Crippen LogP contribution in [0.3, 0.4) is 0 Å². The van der Waals surface area contributed by atoms with E-state index in [4.69, 9.17) is 20.9 Å². The molecule has 0 aliphatic carbocycles. The lowest BCUT2D eigenvalue weighted by atomic mass is 10.1. The van der Waals surface area contributed by atoms with E-state index in [9.17, 15) is 9.18 Å². The Hall–Kier alpha value is -1.66. The molecule has 0 saturated carbocycles. The van der Waals surface area contributed by atoms with Crippen LogP contribution in [0.15, 0.2) is 18.2 Å². The standard InChI is InChI=1S/C11H15FN2O3/c1-16-7-2-3-8(9(12)4-7)10(13)5-17-6-11(14)15/h2-4,10H,5-6,13H2,1H3,(H2,14,15). The van der Waals surface area contributed by atoms with Gasteiger partial charge in [0.25, 0.3) is 0 Å². The van der Waals surface area contributed by atoms with E-state index in [1.807, 2.05) is 0 Å². The molecule has 1 rings (SSSR count). The highest BCUT2D eigenvalue weighted by atomic mass is 19.1. The number of hydrogen-bond donors (Lipinski definition) is 2. The van der Waals surface area contributed by atoms with Crippen LogP contribution < -0.4 is 16.2 Å². The zero-order valence-electron chi connectivity index (χ0n) is 9.48. The highest BCUT2D eigenvalue weighted by molar-refractivity contribution is 5.74. The topological polar surface area (TPSA) is 87.6 Å². The van der Waals surface area contributed by atoms with Crippen molar-refractivity contribution in [2.75, 3.05) is 20.3 Å². The Bertz CT molecular complexity index is 398. The van der Waals surface area contributed by atoms with E-state index < -0.39 is 17.8 Å². The summed E-state index contributed by atoms with van der Waals surface area (Å²) in [4.78, 5) is 10.4. The number of ether oxygens (including phenoxy) is 2.